The highest BCUT2D eigenvalue weighted by molar-refractivity contribution is 5.95. The van der Waals surface area contributed by atoms with Crippen LogP contribution < -0.4 is 14.8 Å². The first kappa shape index (κ1) is 17.9. The number of ether oxygens (including phenoxy) is 2. The molecule has 1 amide bonds. The van der Waals surface area contributed by atoms with Crippen molar-refractivity contribution in [2.75, 3.05) is 12.4 Å². The van der Waals surface area contributed by atoms with Crippen LogP contribution in [0.15, 0.2) is 48.5 Å². The maximum Gasteiger partial charge on any atom is 0.265 e. The second-order valence-corrected chi connectivity index (χ2v) is 6.73. The average Bonchev–Trinajstić information content (AvgIpc) is 2.54. The summed E-state index contributed by atoms with van der Waals surface area (Å²) < 4.78 is 11.0. The molecule has 128 valence electrons. The molecule has 0 aliphatic carbocycles. The number of carbonyl (C=O) groups is 1. The molecule has 0 saturated heterocycles. The molecule has 0 aliphatic rings. The SMILES string of the molecule is COc1ccccc1NC(=O)C(C)Oc1cccc(C(C)(C)C)c1. The first-order chi connectivity index (χ1) is 11.3. The molecule has 2 aromatic rings. The van der Waals surface area contributed by atoms with E-state index in [0.717, 1.165) is 5.56 Å². The molecule has 0 aromatic heterocycles. The molecule has 4 nitrogen and oxygen atoms in total. The van der Waals surface area contributed by atoms with Gasteiger partial charge in [0, 0.05) is 0 Å². The van der Waals surface area contributed by atoms with Crippen molar-refractivity contribution in [2.45, 2.75) is 39.2 Å². The Kier molecular flexibility index (Phi) is 5.50. The summed E-state index contributed by atoms with van der Waals surface area (Å²) in [5, 5.41) is 2.84. The standard InChI is InChI=1S/C20H25NO3/c1-14(19(22)21-17-11-6-7-12-18(17)23-5)24-16-10-8-9-15(13-16)20(2,3)4/h6-14H,1-5H3,(H,21,22). The number of anilines is 1. The van der Waals surface area contributed by atoms with Gasteiger partial charge in [0.25, 0.3) is 5.91 Å². The number of amides is 1. The van der Waals surface area contributed by atoms with E-state index in [2.05, 4.69) is 32.2 Å². The van der Waals surface area contributed by atoms with Gasteiger partial charge in [-0.05, 0) is 42.2 Å². The Hall–Kier alpha value is -2.49. The number of hydrogen-bond donors (Lipinski definition) is 1. The van der Waals surface area contributed by atoms with Crippen molar-refractivity contribution in [3.05, 3.63) is 54.1 Å². The Morgan fingerprint density at radius 3 is 2.46 bits per heavy atom. The van der Waals surface area contributed by atoms with Gasteiger partial charge in [-0.15, -0.1) is 0 Å². The quantitative estimate of drug-likeness (QED) is 0.885. The van der Waals surface area contributed by atoms with Crippen LogP contribution in [0.5, 0.6) is 11.5 Å². The summed E-state index contributed by atoms with van der Waals surface area (Å²) in [7, 11) is 1.57. The number of hydrogen-bond acceptors (Lipinski definition) is 3. The van der Waals surface area contributed by atoms with E-state index in [0.29, 0.717) is 17.2 Å². The van der Waals surface area contributed by atoms with Crippen LogP contribution in [0.4, 0.5) is 5.69 Å². The molecule has 0 aliphatic heterocycles. The zero-order chi connectivity index (χ0) is 17.7. The fourth-order valence-electron chi connectivity index (χ4n) is 2.28. The number of para-hydroxylation sites is 2. The van der Waals surface area contributed by atoms with Crippen LogP contribution in [0.1, 0.15) is 33.3 Å². The van der Waals surface area contributed by atoms with Crippen molar-refractivity contribution >= 4 is 11.6 Å². The summed E-state index contributed by atoms with van der Waals surface area (Å²) in [4.78, 5) is 12.4. The van der Waals surface area contributed by atoms with E-state index in [9.17, 15) is 4.79 Å². The lowest BCUT2D eigenvalue weighted by Gasteiger charge is -2.21. The summed E-state index contributed by atoms with van der Waals surface area (Å²) >= 11 is 0. The van der Waals surface area contributed by atoms with E-state index in [1.54, 1.807) is 26.2 Å². The minimum absolute atomic E-state index is 0.0300. The maximum absolute atomic E-state index is 12.4. The normalized spacial score (nSPS) is 12.4. The van der Waals surface area contributed by atoms with E-state index < -0.39 is 6.10 Å². The third kappa shape index (κ3) is 4.51. The molecule has 0 bridgehead atoms. The Labute approximate surface area is 143 Å². The van der Waals surface area contributed by atoms with Crippen molar-refractivity contribution in [1.29, 1.82) is 0 Å². The predicted molar refractivity (Wildman–Crippen MR) is 96.9 cm³/mol. The number of benzene rings is 2. The first-order valence-electron chi connectivity index (χ1n) is 8.02. The molecule has 0 radical (unpaired) electrons. The summed E-state index contributed by atoms with van der Waals surface area (Å²) in [6.07, 6.45) is -0.620. The summed E-state index contributed by atoms with van der Waals surface area (Å²) in [5.41, 5.74) is 1.82. The van der Waals surface area contributed by atoms with Gasteiger partial charge >= 0.3 is 0 Å². The molecule has 0 saturated carbocycles. The molecule has 0 spiro atoms. The molecule has 2 aromatic carbocycles. The molecule has 2 rings (SSSR count). The van der Waals surface area contributed by atoms with Crippen LogP contribution in [0.2, 0.25) is 0 Å². The Balaban J connectivity index is 2.07. The van der Waals surface area contributed by atoms with Crippen molar-refractivity contribution in [3.63, 3.8) is 0 Å². The number of carbonyl (C=O) groups excluding carboxylic acids is 1. The molecule has 0 fully saturated rings. The van der Waals surface area contributed by atoms with Gasteiger partial charge in [-0.25, -0.2) is 0 Å². The second-order valence-electron chi connectivity index (χ2n) is 6.73. The lowest BCUT2D eigenvalue weighted by atomic mass is 9.87. The zero-order valence-corrected chi connectivity index (χ0v) is 14.9. The van der Waals surface area contributed by atoms with Crippen molar-refractivity contribution in [3.8, 4) is 11.5 Å². The number of nitrogens with one attached hydrogen (secondary N) is 1. The Morgan fingerprint density at radius 2 is 1.79 bits per heavy atom. The van der Waals surface area contributed by atoms with Gasteiger partial charge in [0.1, 0.15) is 11.5 Å². The van der Waals surface area contributed by atoms with Gasteiger partial charge < -0.3 is 14.8 Å². The van der Waals surface area contributed by atoms with Crippen LogP contribution in [0, 0.1) is 0 Å². The van der Waals surface area contributed by atoms with Crippen LogP contribution in [-0.4, -0.2) is 19.1 Å². The average molecular weight is 327 g/mol. The first-order valence-corrected chi connectivity index (χ1v) is 8.02. The largest absolute Gasteiger partial charge is 0.495 e. The van der Waals surface area contributed by atoms with E-state index in [-0.39, 0.29) is 11.3 Å². The van der Waals surface area contributed by atoms with Gasteiger partial charge in [0.15, 0.2) is 6.10 Å². The number of rotatable bonds is 5. The zero-order valence-electron chi connectivity index (χ0n) is 14.9. The lowest BCUT2D eigenvalue weighted by Crippen LogP contribution is -2.30. The fraction of sp³-hybridized carbons (Fsp3) is 0.350. The summed E-state index contributed by atoms with van der Waals surface area (Å²) in [5.74, 6) is 1.08. The van der Waals surface area contributed by atoms with Gasteiger partial charge in [0.05, 0.1) is 12.8 Å². The number of methoxy groups -OCH3 is 1. The molecule has 0 heterocycles. The van der Waals surface area contributed by atoms with Crippen molar-refractivity contribution < 1.29 is 14.3 Å². The van der Waals surface area contributed by atoms with Crippen molar-refractivity contribution in [1.82, 2.24) is 0 Å². The molecule has 1 unspecified atom stereocenters. The van der Waals surface area contributed by atoms with E-state index >= 15 is 0 Å². The van der Waals surface area contributed by atoms with Crippen LogP contribution in [-0.2, 0) is 10.2 Å². The Morgan fingerprint density at radius 1 is 1.08 bits per heavy atom. The molecule has 1 atom stereocenters. The molecule has 1 N–H and O–H groups in total. The van der Waals surface area contributed by atoms with E-state index in [1.807, 2.05) is 30.3 Å². The highest BCUT2D eigenvalue weighted by atomic mass is 16.5. The second kappa shape index (κ2) is 7.39. The maximum atomic E-state index is 12.4. The molecular weight excluding hydrogens is 302 g/mol. The van der Waals surface area contributed by atoms with E-state index in [1.165, 1.54) is 0 Å². The van der Waals surface area contributed by atoms with Crippen LogP contribution >= 0.6 is 0 Å². The van der Waals surface area contributed by atoms with Gasteiger partial charge in [-0.2, -0.15) is 0 Å². The minimum atomic E-state index is -0.620. The minimum Gasteiger partial charge on any atom is -0.495 e. The molecule has 4 heteroatoms. The highest BCUT2D eigenvalue weighted by Gasteiger charge is 2.18. The van der Waals surface area contributed by atoms with Crippen LogP contribution in [0.25, 0.3) is 0 Å². The monoisotopic (exact) mass is 327 g/mol. The summed E-state index contributed by atoms with van der Waals surface area (Å²) in [6, 6.07) is 15.1. The molecular formula is C20H25NO3. The van der Waals surface area contributed by atoms with Crippen LogP contribution in [0.3, 0.4) is 0 Å². The van der Waals surface area contributed by atoms with Gasteiger partial charge in [-0.1, -0.05) is 45.0 Å². The summed E-state index contributed by atoms with van der Waals surface area (Å²) in [6.45, 7) is 8.16. The molecule has 24 heavy (non-hydrogen) atoms. The fourth-order valence-corrected chi connectivity index (χ4v) is 2.28. The highest BCUT2D eigenvalue weighted by Crippen LogP contribution is 2.27. The topological polar surface area (TPSA) is 47.6 Å². The lowest BCUT2D eigenvalue weighted by molar-refractivity contribution is -0.122. The Bertz CT molecular complexity index is 704. The third-order valence-electron chi connectivity index (χ3n) is 3.75. The smallest absolute Gasteiger partial charge is 0.265 e. The third-order valence-corrected chi connectivity index (χ3v) is 3.75. The predicted octanol–water partition coefficient (Wildman–Crippen LogP) is 4.40. The van der Waals surface area contributed by atoms with Crippen molar-refractivity contribution in [2.24, 2.45) is 0 Å². The van der Waals surface area contributed by atoms with E-state index in [4.69, 9.17) is 9.47 Å². The van der Waals surface area contributed by atoms with Gasteiger partial charge in [-0.3, -0.25) is 4.79 Å². The van der Waals surface area contributed by atoms with Gasteiger partial charge in [0.2, 0.25) is 0 Å².